The summed E-state index contributed by atoms with van der Waals surface area (Å²) in [7, 11) is 0. The molecule has 0 aliphatic rings. The summed E-state index contributed by atoms with van der Waals surface area (Å²) in [5, 5.41) is 2.82. The van der Waals surface area contributed by atoms with E-state index in [9.17, 15) is 4.79 Å². The van der Waals surface area contributed by atoms with Gasteiger partial charge in [0.1, 0.15) is 6.61 Å². The quantitative estimate of drug-likeness (QED) is 0.695. The van der Waals surface area contributed by atoms with Crippen LogP contribution in [-0.4, -0.2) is 11.0 Å². The van der Waals surface area contributed by atoms with Gasteiger partial charge in [0.2, 0.25) is 0 Å². The number of aryl methyl sites for hydroxylation is 1. The van der Waals surface area contributed by atoms with Crippen molar-refractivity contribution in [1.82, 2.24) is 4.98 Å². The first-order valence-electron chi connectivity index (χ1n) is 5.20. The number of nitrogen functional groups attached to an aromatic ring is 1. The van der Waals surface area contributed by atoms with Crippen molar-refractivity contribution in [2.45, 2.75) is 13.5 Å². The normalized spacial score (nSPS) is 10.3. The van der Waals surface area contributed by atoms with Crippen LogP contribution in [0.3, 0.4) is 0 Å². The first kappa shape index (κ1) is 13.0. The van der Waals surface area contributed by atoms with Crippen molar-refractivity contribution in [3.05, 3.63) is 44.3 Å². The summed E-state index contributed by atoms with van der Waals surface area (Å²) in [5.74, 6) is -0.417. The Hall–Kier alpha value is -1.40. The van der Waals surface area contributed by atoms with Gasteiger partial charge >= 0.3 is 5.97 Å². The highest BCUT2D eigenvalue weighted by molar-refractivity contribution is 9.10. The molecule has 2 rings (SSSR count). The number of benzene rings is 1. The number of rotatable bonds is 3. The van der Waals surface area contributed by atoms with E-state index in [0.717, 1.165) is 10.7 Å². The molecule has 0 spiro atoms. The lowest BCUT2D eigenvalue weighted by Crippen LogP contribution is -2.07. The molecule has 0 radical (unpaired) electrons. The molecule has 6 heteroatoms. The Morgan fingerprint density at radius 3 is 3.00 bits per heavy atom. The number of ether oxygens (including phenoxy) is 1. The molecule has 0 saturated carbocycles. The summed E-state index contributed by atoms with van der Waals surface area (Å²) in [6, 6.07) is 5.09. The molecule has 4 nitrogen and oxygen atoms in total. The highest BCUT2D eigenvalue weighted by Crippen LogP contribution is 2.24. The average Bonchev–Trinajstić information content (AvgIpc) is 2.76. The van der Waals surface area contributed by atoms with Crippen molar-refractivity contribution in [2.75, 3.05) is 5.73 Å². The zero-order chi connectivity index (χ0) is 13.1. The zero-order valence-corrected chi connectivity index (χ0v) is 12.0. The Morgan fingerprint density at radius 2 is 2.33 bits per heavy atom. The summed E-state index contributed by atoms with van der Waals surface area (Å²) in [4.78, 5) is 16.1. The number of hydrogen-bond donors (Lipinski definition) is 1. The minimum Gasteiger partial charge on any atom is -0.456 e. The van der Waals surface area contributed by atoms with E-state index in [4.69, 9.17) is 10.5 Å². The summed E-state index contributed by atoms with van der Waals surface area (Å²) < 4.78 is 5.74. The van der Waals surface area contributed by atoms with Crippen LogP contribution >= 0.6 is 27.3 Å². The minimum atomic E-state index is -0.417. The largest absolute Gasteiger partial charge is 0.456 e. The number of nitrogens with two attached hydrogens (primary N) is 1. The SMILES string of the molecule is Cc1nc(COC(=O)c2cccc(N)c2Br)cs1. The molecule has 0 saturated heterocycles. The van der Waals surface area contributed by atoms with Crippen LogP contribution in [0.2, 0.25) is 0 Å². The van der Waals surface area contributed by atoms with Gasteiger partial charge < -0.3 is 10.5 Å². The summed E-state index contributed by atoms with van der Waals surface area (Å²) in [6.45, 7) is 2.08. The van der Waals surface area contributed by atoms with E-state index in [2.05, 4.69) is 20.9 Å². The molecular formula is C12H11BrN2O2S. The highest BCUT2D eigenvalue weighted by atomic mass is 79.9. The summed E-state index contributed by atoms with van der Waals surface area (Å²) in [6.07, 6.45) is 0. The van der Waals surface area contributed by atoms with Gasteiger partial charge in [-0.3, -0.25) is 0 Å². The maximum absolute atomic E-state index is 11.9. The molecule has 1 aromatic heterocycles. The van der Waals surface area contributed by atoms with Crippen LogP contribution in [0.5, 0.6) is 0 Å². The van der Waals surface area contributed by atoms with Crippen LogP contribution in [0, 0.1) is 6.92 Å². The van der Waals surface area contributed by atoms with Crippen LogP contribution in [0.4, 0.5) is 5.69 Å². The zero-order valence-electron chi connectivity index (χ0n) is 9.64. The standard InChI is InChI=1S/C12H11BrN2O2S/c1-7-15-8(6-18-7)5-17-12(16)9-3-2-4-10(14)11(9)13/h2-4,6H,5,14H2,1H3. The maximum Gasteiger partial charge on any atom is 0.339 e. The number of thiazole rings is 1. The fraction of sp³-hybridized carbons (Fsp3) is 0.167. The molecular weight excluding hydrogens is 316 g/mol. The first-order chi connectivity index (χ1) is 8.58. The molecule has 0 amide bonds. The lowest BCUT2D eigenvalue weighted by molar-refractivity contribution is 0.0467. The number of carbonyl (C=O) groups is 1. The van der Waals surface area contributed by atoms with Gasteiger partial charge in [-0.15, -0.1) is 11.3 Å². The Balaban J connectivity index is 2.06. The Kier molecular flexibility index (Phi) is 3.98. The smallest absolute Gasteiger partial charge is 0.339 e. The number of aromatic nitrogens is 1. The molecule has 0 unspecified atom stereocenters. The van der Waals surface area contributed by atoms with Crippen LogP contribution in [-0.2, 0) is 11.3 Å². The molecule has 0 fully saturated rings. The second kappa shape index (κ2) is 5.49. The topological polar surface area (TPSA) is 65.2 Å². The van der Waals surface area contributed by atoms with Gasteiger partial charge in [0.05, 0.1) is 20.7 Å². The van der Waals surface area contributed by atoms with E-state index in [-0.39, 0.29) is 6.61 Å². The number of halogens is 1. The molecule has 94 valence electrons. The average molecular weight is 327 g/mol. The van der Waals surface area contributed by atoms with E-state index in [0.29, 0.717) is 15.7 Å². The first-order valence-corrected chi connectivity index (χ1v) is 6.87. The van der Waals surface area contributed by atoms with E-state index < -0.39 is 5.97 Å². The third kappa shape index (κ3) is 2.88. The molecule has 0 bridgehead atoms. The third-order valence-corrected chi connectivity index (χ3v) is 3.97. The van der Waals surface area contributed by atoms with Gasteiger partial charge in [-0.1, -0.05) is 6.07 Å². The summed E-state index contributed by atoms with van der Waals surface area (Å²) in [5.41, 5.74) is 7.39. The van der Waals surface area contributed by atoms with Crippen molar-refractivity contribution in [3.63, 3.8) is 0 Å². The van der Waals surface area contributed by atoms with Gasteiger partial charge in [-0.05, 0) is 35.0 Å². The molecule has 2 aromatic rings. The lowest BCUT2D eigenvalue weighted by atomic mass is 10.2. The number of esters is 1. The number of carbonyl (C=O) groups excluding carboxylic acids is 1. The molecule has 1 aromatic carbocycles. The van der Waals surface area contributed by atoms with Crippen molar-refractivity contribution in [3.8, 4) is 0 Å². The van der Waals surface area contributed by atoms with Crippen molar-refractivity contribution in [1.29, 1.82) is 0 Å². The number of hydrogen-bond acceptors (Lipinski definition) is 5. The van der Waals surface area contributed by atoms with E-state index >= 15 is 0 Å². The molecule has 0 aliphatic heterocycles. The van der Waals surface area contributed by atoms with Crippen LogP contribution in [0.25, 0.3) is 0 Å². The second-order valence-corrected chi connectivity index (χ2v) is 5.50. The fourth-order valence-corrected chi connectivity index (χ4v) is 2.42. The fourth-order valence-electron chi connectivity index (χ4n) is 1.40. The van der Waals surface area contributed by atoms with E-state index in [1.54, 1.807) is 18.2 Å². The number of anilines is 1. The van der Waals surface area contributed by atoms with Gasteiger partial charge in [0.15, 0.2) is 0 Å². The van der Waals surface area contributed by atoms with Crippen LogP contribution in [0.15, 0.2) is 28.1 Å². The number of nitrogens with zero attached hydrogens (tertiary/aromatic N) is 1. The molecule has 1 heterocycles. The van der Waals surface area contributed by atoms with Gasteiger partial charge in [-0.2, -0.15) is 0 Å². The maximum atomic E-state index is 11.9. The minimum absolute atomic E-state index is 0.171. The van der Waals surface area contributed by atoms with E-state index in [1.807, 2.05) is 12.3 Å². The Bertz CT molecular complexity index is 583. The Labute approximate surface area is 117 Å². The lowest BCUT2D eigenvalue weighted by Gasteiger charge is -2.06. The van der Waals surface area contributed by atoms with Gasteiger partial charge in [0.25, 0.3) is 0 Å². The monoisotopic (exact) mass is 326 g/mol. The second-order valence-electron chi connectivity index (χ2n) is 3.64. The van der Waals surface area contributed by atoms with Gasteiger partial charge in [0, 0.05) is 11.1 Å². The molecule has 2 N–H and O–H groups in total. The van der Waals surface area contributed by atoms with Crippen molar-refractivity contribution < 1.29 is 9.53 Å². The molecule has 18 heavy (non-hydrogen) atoms. The molecule has 0 atom stereocenters. The Morgan fingerprint density at radius 1 is 1.56 bits per heavy atom. The highest BCUT2D eigenvalue weighted by Gasteiger charge is 2.13. The van der Waals surface area contributed by atoms with Crippen LogP contribution < -0.4 is 5.73 Å². The van der Waals surface area contributed by atoms with Crippen molar-refractivity contribution in [2.24, 2.45) is 0 Å². The predicted molar refractivity (Wildman–Crippen MR) is 74.5 cm³/mol. The van der Waals surface area contributed by atoms with Gasteiger partial charge in [-0.25, -0.2) is 9.78 Å². The van der Waals surface area contributed by atoms with E-state index in [1.165, 1.54) is 11.3 Å². The predicted octanol–water partition coefficient (Wildman–Crippen LogP) is 3.15. The van der Waals surface area contributed by atoms with Crippen LogP contribution in [0.1, 0.15) is 21.1 Å². The third-order valence-electron chi connectivity index (χ3n) is 2.27. The van der Waals surface area contributed by atoms with Crippen molar-refractivity contribution >= 4 is 38.9 Å². The summed E-state index contributed by atoms with van der Waals surface area (Å²) >= 11 is 4.80. The molecule has 0 aliphatic carbocycles.